The van der Waals surface area contributed by atoms with E-state index in [-0.39, 0.29) is 5.91 Å². The standard InChI is InChI=1S/C13H15N3O2S2/c1-3-4-11-15-16-13(19-11)14-12(17)9-5-7-10(8-6-9)20(2)18/h5-8H,3-4H2,1-2H3,(H,14,16,17). The molecule has 7 heteroatoms. The maximum Gasteiger partial charge on any atom is 0.257 e. The predicted molar refractivity (Wildman–Crippen MR) is 80.6 cm³/mol. The van der Waals surface area contributed by atoms with E-state index in [0.29, 0.717) is 15.6 Å². The quantitative estimate of drug-likeness (QED) is 0.921. The summed E-state index contributed by atoms with van der Waals surface area (Å²) >= 11 is 1.39. The van der Waals surface area contributed by atoms with Gasteiger partial charge >= 0.3 is 0 Å². The molecule has 20 heavy (non-hydrogen) atoms. The summed E-state index contributed by atoms with van der Waals surface area (Å²) in [5.41, 5.74) is 0.506. The minimum absolute atomic E-state index is 0.238. The van der Waals surface area contributed by atoms with Crippen LogP contribution in [-0.2, 0) is 17.2 Å². The molecule has 0 spiro atoms. The van der Waals surface area contributed by atoms with Crippen molar-refractivity contribution < 1.29 is 9.00 Å². The third-order valence-corrected chi connectivity index (χ3v) is 4.43. The fraction of sp³-hybridized carbons (Fsp3) is 0.308. The molecule has 5 nitrogen and oxygen atoms in total. The van der Waals surface area contributed by atoms with Crippen molar-refractivity contribution in [1.82, 2.24) is 10.2 Å². The van der Waals surface area contributed by atoms with Gasteiger partial charge in [-0.25, -0.2) is 0 Å². The fourth-order valence-electron chi connectivity index (χ4n) is 1.59. The average Bonchev–Trinajstić information content (AvgIpc) is 2.86. The van der Waals surface area contributed by atoms with Crippen LogP contribution in [0.5, 0.6) is 0 Å². The van der Waals surface area contributed by atoms with Gasteiger partial charge in [-0.3, -0.25) is 14.3 Å². The van der Waals surface area contributed by atoms with Crippen LogP contribution >= 0.6 is 11.3 Å². The number of nitrogens with zero attached hydrogens (tertiary/aromatic N) is 2. The number of benzene rings is 1. The smallest absolute Gasteiger partial charge is 0.257 e. The van der Waals surface area contributed by atoms with Gasteiger partial charge in [0.1, 0.15) is 5.01 Å². The zero-order valence-electron chi connectivity index (χ0n) is 11.3. The van der Waals surface area contributed by atoms with Gasteiger partial charge in [-0.05, 0) is 30.7 Å². The van der Waals surface area contributed by atoms with Crippen molar-refractivity contribution in [3.63, 3.8) is 0 Å². The van der Waals surface area contributed by atoms with Crippen molar-refractivity contribution >= 4 is 33.2 Å². The molecule has 0 saturated heterocycles. The van der Waals surface area contributed by atoms with Crippen LogP contribution in [0.1, 0.15) is 28.7 Å². The van der Waals surface area contributed by atoms with Crippen molar-refractivity contribution in [3.05, 3.63) is 34.8 Å². The van der Waals surface area contributed by atoms with Crippen molar-refractivity contribution in [3.8, 4) is 0 Å². The first-order valence-corrected chi connectivity index (χ1v) is 8.55. The first kappa shape index (κ1) is 14.8. The fourth-order valence-corrected chi connectivity index (χ4v) is 2.94. The summed E-state index contributed by atoms with van der Waals surface area (Å²) in [5.74, 6) is -0.238. The Balaban J connectivity index is 2.05. The highest BCUT2D eigenvalue weighted by Crippen LogP contribution is 2.17. The molecule has 0 aliphatic rings. The van der Waals surface area contributed by atoms with Crippen molar-refractivity contribution in [1.29, 1.82) is 0 Å². The highest BCUT2D eigenvalue weighted by molar-refractivity contribution is 7.84. The van der Waals surface area contributed by atoms with Gasteiger partial charge in [0.25, 0.3) is 5.91 Å². The van der Waals surface area contributed by atoms with E-state index in [4.69, 9.17) is 0 Å². The second kappa shape index (κ2) is 6.71. The average molecular weight is 309 g/mol. The van der Waals surface area contributed by atoms with Crippen LogP contribution in [0.15, 0.2) is 29.2 Å². The van der Waals surface area contributed by atoms with E-state index in [1.54, 1.807) is 30.5 Å². The summed E-state index contributed by atoms with van der Waals surface area (Å²) in [6.45, 7) is 2.07. The Morgan fingerprint density at radius 3 is 2.60 bits per heavy atom. The molecule has 0 aliphatic heterocycles. The summed E-state index contributed by atoms with van der Waals surface area (Å²) in [6, 6.07) is 6.68. The highest BCUT2D eigenvalue weighted by atomic mass is 32.2. The van der Waals surface area contributed by atoms with Crippen LogP contribution in [0.3, 0.4) is 0 Å². The molecule has 1 N–H and O–H groups in total. The Bertz CT molecular complexity index is 623. The zero-order valence-corrected chi connectivity index (χ0v) is 12.9. The molecule has 0 bridgehead atoms. The molecule has 0 radical (unpaired) electrons. The Kier molecular flexibility index (Phi) is 4.97. The lowest BCUT2D eigenvalue weighted by molar-refractivity contribution is 0.102. The van der Waals surface area contributed by atoms with E-state index < -0.39 is 10.8 Å². The number of hydrogen-bond donors (Lipinski definition) is 1. The van der Waals surface area contributed by atoms with Crippen LogP contribution in [0, 0.1) is 0 Å². The van der Waals surface area contributed by atoms with E-state index in [2.05, 4.69) is 22.4 Å². The van der Waals surface area contributed by atoms with Gasteiger partial charge in [-0.2, -0.15) is 0 Å². The third kappa shape index (κ3) is 3.71. The lowest BCUT2D eigenvalue weighted by Gasteiger charge is -2.02. The molecule has 1 aromatic carbocycles. The summed E-state index contributed by atoms with van der Waals surface area (Å²) in [5, 5.41) is 12.1. The molecule has 1 aromatic heterocycles. The number of aryl methyl sites for hydroxylation is 1. The largest absolute Gasteiger partial charge is 0.296 e. The Morgan fingerprint density at radius 2 is 2.00 bits per heavy atom. The van der Waals surface area contributed by atoms with Gasteiger partial charge in [-0.15, -0.1) is 10.2 Å². The third-order valence-electron chi connectivity index (χ3n) is 2.60. The lowest BCUT2D eigenvalue weighted by Crippen LogP contribution is -2.11. The molecule has 1 heterocycles. The zero-order chi connectivity index (χ0) is 14.5. The number of hydrogen-bond acceptors (Lipinski definition) is 5. The molecule has 1 amide bonds. The van der Waals surface area contributed by atoms with Crippen molar-refractivity contribution in [2.75, 3.05) is 11.6 Å². The van der Waals surface area contributed by atoms with Gasteiger partial charge in [-0.1, -0.05) is 18.3 Å². The monoisotopic (exact) mass is 309 g/mol. The Morgan fingerprint density at radius 1 is 1.30 bits per heavy atom. The van der Waals surface area contributed by atoms with Gasteiger partial charge < -0.3 is 0 Å². The SMILES string of the molecule is CCCc1nnc(NC(=O)c2ccc(S(C)=O)cc2)s1. The maximum absolute atomic E-state index is 12.0. The number of anilines is 1. The maximum atomic E-state index is 12.0. The molecular weight excluding hydrogens is 294 g/mol. The van der Waals surface area contributed by atoms with Crippen LogP contribution in [0.25, 0.3) is 0 Å². The van der Waals surface area contributed by atoms with Gasteiger partial charge in [0.05, 0.1) is 0 Å². The van der Waals surface area contributed by atoms with Crippen molar-refractivity contribution in [2.24, 2.45) is 0 Å². The summed E-state index contributed by atoms with van der Waals surface area (Å²) in [7, 11) is -1.04. The Labute approximate surface area is 123 Å². The van der Waals surface area contributed by atoms with Gasteiger partial charge in [0.15, 0.2) is 0 Å². The first-order valence-electron chi connectivity index (χ1n) is 6.17. The van der Waals surface area contributed by atoms with Crippen LogP contribution in [0.4, 0.5) is 5.13 Å². The first-order chi connectivity index (χ1) is 9.60. The highest BCUT2D eigenvalue weighted by Gasteiger charge is 2.10. The summed E-state index contributed by atoms with van der Waals surface area (Å²) < 4.78 is 11.3. The molecule has 106 valence electrons. The number of nitrogens with one attached hydrogen (secondary N) is 1. The second-order valence-corrected chi connectivity index (χ2v) is 6.63. The van der Waals surface area contributed by atoms with Crippen LogP contribution in [0.2, 0.25) is 0 Å². The van der Waals surface area contributed by atoms with E-state index in [1.807, 2.05) is 0 Å². The summed E-state index contributed by atoms with van der Waals surface area (Å²) in [6.07, 6.45) is 3.47. The van der Waals surface area contributed by atoms with Crippen LogP contribution in [-0.4, -0.2) is 26.6 Å². The minimum Gasteiger partial charge on any atom is -0.296 e. The van der Waals surface area contributed by atoms with E-state index in [0.717, 1.165) is 17.8 Å². The number of amides is 1. The van der Waals surface area contributed by atoms with E-state index in [9.17, 15) is 9.00 Å². The molecular formula is C13H15N3O2S2. The topological polar surface area (TPSA) is 72.0 Å². The molecule has 0 aliphatic carbocycles. The second-order valence-electron chi connectivity index (χ2n) is 4.18. The van der Waals surface area contributed by atoms with Crippen LogP contribution < -0.4 is 5.32 Å². The number of rotatable bonds is 5. The van der Waals surface area contributed by atoms with E-state index in [1.165, 1.54) is 11.3 Å². The number of aromatic nitrogens is 2. The Hall–Kier alpha value is -1.60. The lowest BCUT2D eigenvalue weighted by atomic mass is 10.2. The number of carbonyl (C=O) groups excluding carboxylic acids is 1. The normalized spacial score (nSPS) is 12.1. The molecule has 1 unspecified atom stereocenters. The number of carbonyl (C=O) groups is 1. The molecule has 0 fully saturated rings. The molecule has 1 atom stereocenters. The molecule has 0 saturated carbocycles. The van der Waals surface area contributed by atoms with Crippen molar-refractivity contribution in [2.45, 2.75) is 24.7 Å². The summed E-state index contributed by atoms with van der Waals surface area (Å²) in [4.78, 5) is 12.7. The predicted octanol–water partition coefficient (Wildman–Crippen LogP) is 2.48. The minimum atomic E-state index is -1.04. The van der Waals surface area contributed by atoms with Gasteiger partial charge in [0, 0.05) is 33.9 Å². The van der Waals surface area contributed by atoms with Gasteiger partial charge in [0.2, 0.25) is 5.13 Å². The molecule has 2 aromatic rings. The molecule has 2 rings (SSSR count). The van der Waals surface area contributed by atoms with E-state index >= 15 is 0 Å².